The second-order valence-corrected chi connectivity index (χ2v) is 3.43. The monoisotopic (exact) mass is 192 g/mol. The van der Waals surface area contributed by atoms with Crippen molar-refractivity contribution >= 4 is 5.78 Å². The normalized spacial score (nSPS) is 10.5. The van der Waals surface area contributed by atoms with Crippen LogP contribution in [0.25, 0.3) is 0 Å². The molecule has 1 heterocycles. The Morgan fingerprint density at radius 3 is 2.93 bits per heavy atom. The summed E-state index contributed by atoms with van der Waals surface area (Å²) in [5.74, 6) is 0.274. The highest BCUT2D eigenvalue weighted by molar-refractivity contribution is 5.80. The summed E-state index contributed by atoms with van der Waals surface area (Å²) < 4.78 is 0. The number of rotatable bonds is 5. The summed E-state index contributed by atoms with van der Waals surface area (Å²) in [5, 5.41) is 0. The zero-order chi connectivity index (χ0) is 10.4. The fraction of sp³-hybridized carbons (Fsp3) is 0.455. The maximum absolute atomic E-state index is 11.2. The first-order valence-electron chi connectivity index (χ1n) is 4.81. The minimum atomic E-state index is 0.274. The second kappa shape index (κ2) is 5.50. The molecule has 0 fully saturated rings. The third kappa shape index (κ3) is 3.66. The maximum Gasteiger partial charge on any atom is 0.146 e. The molecule has 0 amide bonds. The van der Waals surface area contributed by atoms with Crippen molar-refractivity contribution < 1.29 is 4.79 Å². The van der Waals surface area contributed by atoms with E-state index in [1.165, 1.54) is 0 Å². The molecule has 3 nitrogen and oxygen atoms in total. The van der Waals surface area contributed by atoms with Crippen molar-refractivity contribution in [3.8, 4) is 0 Å². The van der Waals surface area contributed by atoms with E-state index in [0.29, 0.717) is 13.0 Å². The third-order valence-corrected chi connectivity index (χ3v) is 2.02. The Hall–Kier alpha value is -1.22. The molecule has 3 heteroatoms. The minimum Gasteiger partial charge on any atom is -0.298 e. The van der Waals surface area contributed by atoms with Crippen LogP contribution in [0.2, 0.25) is 0 Å². The van der Waals surface area contributed by atoms with Crippen LogP contribution in [0.4, 0.5) is 0 Å². The highest BCUT2D eigenvalue weighted by atomic mass is 16.1. The minimum absolute atomic E-state index is 0.274. The van der Waals surface area contributed by atoms with Gasteiger partial charge >= 0.3 is 0 Å². The summed E-state index contributed by atoms with van der Waals surface area (Å²) >= 11 is 0. The molecule has 0 spiro atoms. The number of likely N-dealkylation sites (N-methyl/N-ethyl adjacent to an activating group) is 1. The van der Waals surface area contributed by atoms with Crippen LogP contribution in [-0.4, -0.2) is 29.3 Å². The van der Waals surface area contributed by atoms with Gasteiger partial charge < -0.3 is 0 Å². The van der Waals surface area contributed by atoms with Gasteiger partial charge in [-0.1, -0.05) is 13.0 Å². The van der Waals surface area contributed by atoms with E-state index in [4.69, 9.17) is 0 Å². The van der Waals surface area contributed by atoms with Crippen molar-refractivity contribution in [2.24, 2.45) is 0 Å². The summed E-state index contributed by atoms with van der Waals surface area (Å²) in [6.45, 7) is 3.19. The average Bonchev–Trinajstić information content (AvgIpc) is 2.19. The molecule has 1 aromatic rings. The van der Waals surface area contributed by atoms with Crippen LogP contribution >= 0.6 is 0 Å². The highest BCUT2D eigenvalue weighted by Crippen LogP contribution is 2.00. The summed E-state index contributed by atoms with van der Waals surface area (Å²) in [7, 11) is 1.94. The molecular weight excluding hydrogens is 176 g/mol. The summed E-state index contributed by atoms with van der Waals surface area (Å²) in [6.07, 6.45) is 4.19. The highest BCUT2D eigenvalue weighted by Gasteiger charge is 2.04. The van der Waals surface area contributed by atoms with Gasteiger partial charge in [0.1, 0.15) is 5.78 Å². The van der Waals surface area contributed by atoms with E-state index in [1.54, 1.807) is 6.20 Å². The zero-order valence-electron chi connectivity index (χ0n) is 8.73. The maximum atomic E-state index is 11.2. The molecule has 0 atom stereocenters. The number of pyridine rings is 1. The molecule has 0 aliphatic carbocycles. The number of ketones is 1. The van der Waals surface area contributed by atoms with Crippen molar-refractivity contribution in [2.45, 2.75) is 19.9 Å². The van der Waals surface area contributed by atoms with Gasteiger partial charge in [0.25, 0.3) is 0 Å². The molecule has 0 saturated heterocycles. The summed E-state index contributed by atoms with van der Waals surface area (Å²) in [4.78, 5) is 17.2. The Kier molecular flexibility index (Phi) is 4.26. The van der Waals surface area contributed by atoms with Gasteiger partial charge in [-0.3, -0.25) is 14.7 Å². The van der Waals surface area contributed by atoms with Crippen molar-refractivity contribution in [3.05, 3.63) is 30.1 Å². The Bertz CT molecular complexity index is 285. The average molecular weight is 192 g/mol. The molecule has 76 valence electrons. The van der Waals surface area contributed by atoms with Gasteiger partial charge in [-0.2, -0.15) is 0 Å². The second-order valence-electron chi connectivity index (χ2n) is 3.43. The Balaban J connectivity index is 2.41. The molecular formula is C11H16N2O. The molecule has 0 aliphatic heterocycles. The van der Waals surface area contributed by atoms with Gasteiger partial charge in [-0.25, -0.2) is 0 Å². The lowest BCUT2D eigenvalue weighted by Gasteiger charge is -2.14. The Morgan fingerprint density at radius 1 is 1.57 bits per heavy atom. The first kappa shape index (κ1) is 10.9. The number of nitrogens with zero attached hydrogens (tertiary/aromatic N) is 2. The number of hydrogen-bond donors (Lipinski definition) is 0. The van der Waals surface area contributed by atoms with Gasteiger partial charge in [0, 0.05) is 25.4 Å². The van der Waals surface area contributed by atoms with E-state index in [0.717, 1.165) is 12.1 Å². The molecule has 1 rings (SSSR count). The standard InChI is InChI=1S/C11H16N2O/c1-3-11(14)9-13(2)8-10-5-4-6-12-7-10/h4-7H,3,8-9H2,1-2H3. The number of Topliss-reactive ketones (excluding diaryl/α,β-unsaturated/α-hetero) is 1. The van der Waals surface area contributed by atoms with Gasteiger partial charge in [-0.15, -0.1) is 0 Å². The van der Waals surface area contributed by atoms with Crippen LogP contribution in [0.5, 0.6) is 0 Å². The van der Waals surface area contributed by atoms with E-state index in [1.807, 2.05) is 37.2 Å². The predicted octanol–water partition coefficient (Wildman–Crippen LogP) is 1.49. The number of aromatic nitrogens is 1. The van der Waals surface area contributed by atoms with Crippen LogP contribution in [0.15, 0.2) is 24.5 Å². The lowest BCUT2D eigenvalue weighted by Crippen LogP contribution is -2.25. The van der Waals surface area contributed by atoms with Crippen LogP contribution < -0.4 is 0 Å². The first-order valence-corrected chi connectivity index (χ1v) is 4.81. The van der Waals surface area contributed by atoms with E-state index in [9.17, 15) is 4.79 Å². The van der Waals surface area contributed by atoms with Gasteiger partial charge in [0.05, 0.1) is 6.54 Å². The van der Waals surface area contributed by atoms with E-state index in [-0.39, 0.29) is 5.78 Å². The van der Waals surface area contributed by atoms with Crippen molar-refractivity contribution in [3.63, 3.8) is 0 Å². The molecule has 0 unspecified atom stereocenters. The van der Waals surface area contributed by atoms with Gasteiger partial charge in [0.2, 0.25) is 0 Å². The number of hydrogen-bond acceptors (Lipinski definition) is 3. The van der Waals surface area contributed by atoms with Crippen molar-refractivity contribution in [1.82, 2.24) is 9.88 Å². The quantitative estimate of drug-likeness (QED) is 0.708. The zero-order valence-corrected chi connectivity index (χ0v) is 8.73. The lowest BCUT2D eigenvalue weighted by molar-refractivity contribution is -0.119. The summed E-state index contributed by atoms with van der Waals surface area (Å²) in [5.41, 5.74) is 1.14. The number of carbonyl (C=O) groups excluding carboxylic acids is 1. The van der Waals surface area contributed by atoms with E-state index in [2.05, 4.69) is 4.98 Å². The Morgan fingerprint density at radius 2 is 2.36 bits per heavy atom. The van der Waals surface area contributed by atoms with Crippen LogP contribution in [0.3, 0.4) is 0 Å². The molecule has 1 aromatic heterocycles. The predicted molar refractivity (Wildman–Crippen MR) is 55.9 cm³/mol. The molecule has 0 aliphatic rings. The van der Waals surface area contributed by atoms with Gasteiger partial charge in [0.15, 0.2) is 0 Å². The molecule has 14 heavy (non-hydrogen) atoms. The van der Waals surface area contributed by atoms with Gasteiger partial charge in [-0.05, 0) is 18.7 Å². The van der Waals surface area contributed by atoms with Crippen molar-refractivity contribution in [1.29, 1.82) is 0 Å². The first-order chi connectivity index (χ1) is 6.72. The van der Waals surface area contributed by atoms with Crippen LogP contribution in [0.1, 0.15) is 18.9 Å². The molecule has 0 N–H and O–H groups in total. The summed E-state index contributed by atoms with van der Waals surface area (Å²) in [6, 6.07) is 3.92. The third-order valence-electron chi connectivity index (χ3n) is 2.02. The van der Waals surface area contributed by atoms with Crippen molar-refractivity contribution in [2.75, 3.05) is 13.6 Å². The molecule has 0 saturated carbocycles. The Labute approximate surface area is 84.8 Å². The van der Waals surface area contributed by atoms with E-state index >= 15 is 0 Å². The largest absolute Gasteiger partial charge is 0.298 e. The lowest BCUT2D eigenvalue weighted by atomic mass is 10.2. The smallest absolute Gasteiger partial charge is 0.146 e. The van der Waals surface area contributed by atoms with Crippen LogP contribution in [-0.2, 0) is 11.3 Å². The number of carbonyl (C=O) groups is 1. The molecule has 0 bridgehead atoms. The molecule has 0 radical (unpaired) electrons. The fourth-order valence-electron chi connectivity index (χ4n) is 1.27. The molecule has 0 aromatic carbocycles. The van der Waals surface area contributed by atoms with E-state index < -0.39 is 0 Å². The fourth-order valence-corrected chi connectivity index (χ4v) is 1.27. The SMILES string of the molecule is CCC(=O)CN(C)Cc1cccnc1. The topological polar surface area (TPSA) is 33.2 Å². The van der Waals surface area contributed by atoms with Crippen LogP contribution in [0, 0.1) is 0 Å².